The van der Waals surface area contributed by atoms with Gasteiger partial charge in [0, 0.05) is 6.42 Å². The van der Waals surface area contributed by atoms with E-state index in [1.165, 1.54) is 0 Å². The smallest absolute Gasteiger partial charge is 0.184 e. The Morgan fingerprint density at radius 3 is 2.05 bits per heavy atom. The van der Waals surface area contributed by atoms with E-state index < -0.39 is 68.5 Å². The highest BCUT2D eigenvalue weighted by Gasteiger charge is 2.47. The van der Waals surface area contributed by atoms with E-state index in [2.05, 4.69) is 0 Å². The second kappa shape index (κ2) is 7.45. The van der Waals surface area contributed by atoms with Crippen LogP contribution in [0.4, 0.5) is 0 Å². The first kappa shape index (κ1) is 17.9. The van der Waals surface area contributed by atoms with Gasteiger partial charge in [-0.15, -0.1) is 0 Å². The van der Waals surface area contributed by atoms with Gasteiger partial charge in [0.25, 0.3) is 0 Å². The monoisotopic (exact) mass is 326 g/mol. The third-order valence-electron chi connectivity index (χ3n) is 3.85. The minimum absolute atomic E-state index is 0.117. The third kappa shape index (κ3) is 3.57. The Bertz CT molecular complexity index is 353. The molecule has 0 aromatic heterocycles. The Morgan fingerprint density at radius 1 is 0.818 bits per heavy atom. The summed E-state index contributed by atoms with van der Waals surface area (Å²) in [4.78, 5) is 0. The molecule has 2 aliphatic rings. The summed E-state index contributed by atoms with van der Waals surface area (Å²) in [5.74, 6) is 0. The molecule has 0 spiro atoms. The molecular weight excluding hydrogens is 304 g/mol. The van der Waals surface area contributed by atoms with Crippen LogP contribution in [-0.2, 0) is 14.2 Å². The SMILES string of the molecule is OCC1OC(OC2C(CO)OC(O)C(O)C2O)C(O)CC1O. The molecule has 0 radical (unpaired) electrons. The molecule has 0 bridgehead atoms. The van der Waals surface area contributed by atoms with Gasteiger partial charge in [-0.05, 0) is 0 Å². The zero-order chi connectivity index (χ0) is 16.4. The lowest BCUT2D eigenvalue weighted by atomic mass is 9.98. The number of hydrogen-bond acceptors (Lipinski definition) is 10. The summed E-state index contributed by atoms with van der Waals surface area (Å²) >= 11 is 0. The molecule has 0 aliphatic carbocycles. The zero-order valence-corrected chi connectivity index (χ0v) is 11.7. The second-order valence-corrected chi connectivity index (χ2v) is 5.43. The topological polar surface area (TPSA) is 169 Å². The van der Waals surface area contributed by atoms with Gasteiger partial charge in [-0.25, -0.2) is 0 Å². The third-order valence-corrected chi connectivity index (χ3v) is 3.85. The highest BCUT2D eigenvalue weighted by molar-refractivity contribution is 4.91. The van der Waals surface area contributed by atoms with Crippen LogP contribution in [0.3, 0.4) is 0 Å². The Morgan fingerprint density at radius 2 is 1.45 bits per heavy atom. The van der Waals surface area contributed by atoms with E-state index in [0.29, 0.717) is 0 Å². The first-order valence-corrected chi connectivity index (χ1v) is 6.97. The molecule has 0 amide bonds. The number of aliphatic hydroxyl groups excluding tert-OH is 7. The summed E-state index contributed by atoms with van der Waals surface area (Å²) < 4.78 is 15.5. The molecular formula is C12H22O10. The van der Waals surface area contributed by atoms with Crippen LogP contribution >= 0.6 is 0 Å². The molecule has 2 aliphatic heterocycles. The largest absolute Gasteiger partial charge is 0.394 e. The summed E-state index contributed by atoms with van der Waals surface area (Å²) in [6.45, 7) is -1.11. The van der Waals surface area contributed by atoms with E-state index in [9.17, 15) is 30.6 Å². The van der Waals surface area contributed by atoms with Crippen molar-refractivity contribution in [2.75, 3.05) is 13.2 Å². The van der Waals surface area contributed by atoms with E-state index >= 15 is 0 Å². The molecule has 10 heteroatoms. The summed E-state index contributed by atoms with van der Waals surface area (Å²) in [5, 5.41) is 66.7. The van der Waals surface area contributed by atoms with Crippen molar-refractivity contribution >= 4 is 0 Å². The fourth-order valence-electron chi connectivity index (χ4n) is 2.54. The molecule has 0 saturated carbocycles. The normalized spacial score (nSPS) is 50.0. The number of hydrogen-bond donors (Lipinski definition) is 7. The molecule has 0 aromatic rings. The lowest BCUT2D eigenvalue weighted by molar-refractivity contribution is -0.343. The van der Waals surface area contributed by atoms with Crippen molar-refractivity contribution in [3.8, 4) is 0 Å². The maximum atomic E-state index is 9.94. The van der Waals surface area contributed by atoms with Crippen molar-refractivity contribution in [1.82, 2.24) is 0 Å². The van der Waals surface area contributed by atoms with Crippen molar-refractivity contribution < 1.29 is 50.0 Å². The zero-order valence-electron chi connectivity index (χ0n) is 11.7. The fraction of sp³-hybridized carbons (Fsp3) is 1.00. The maximum Gasteiger partial charge on any atom is 0.184 e. The van der Waals surface area contributed by atoms with E-state index in [1.54, 1.807) is 0 Å². The van der Waals surface area contributed by atoms with Gasteiger partial charge in [-0.2, -0.15) is 0 Å². The van der Waals surface area contributed by atoms with Gasteiger partial charge >= 0.3 is 0 Å². The van der Waals surface area contributed by atoms with Crippen LogP contribution < -0.4 is 0 Å². The minimum Gasteiger partial charge on any atom is -0.394 e. The molecule has 9 unspecified atom stereocenters. The van der Waals surface area contributed by atoms with Crippen LogP contribution in [0, 0.1) is 0 Å². The van der Waals surface area contributed by atoms with Gasteiger partial charge in [0.15, 0.2) is 12.6 Å². The molecule has 2 rings (SSSR count). The summed E-state index contributed by atoms with van der Waals surface area (Å²) in [6, 6.07) is 0. The molecule has 10 nitrogen and oxygen atoms in total. The Balaban J connectivity index is 2.06. The van der Waals surface area contributed by atoms with Crippen molar-refractivity contribution in [3.05, 3.63) is 0 Å². The second-order valence-electron chi connectivity index (χ2n) is 5.43. The lowest BCUT2D eigenvalue weighted by Crippen LogP contribution is -2.62. The van der Waals surface area contributed by atoms with E-state index in [1.807, 2.05) is 0 Å². The molecule has 22 heavy (non-hydrogen) atoms. The van der Waals surface area contributed by atoms with Crippen LogP contribution in [-0.4, -0.2) is 104 Å². The average molecular weight is 326 g/mol. The van der Waals surface area contributed by atoms with Crippen LogP contribution in [0.25, 0.3) is 0 Å². The van der Waals surface area contributed by atoms with Gasteiger partial charge in [0.2, 0.25) is 0 Å². The molecule has 7 N–H and O–H groups in total. The lowest BCUT2D eigenvalue weighted by Gasteiger charge is -2.44. The van der Waals surface area contributed by atoms with Crippen molar-refractivity contribution in [2.24, 2.45) is 0 Å². The summed E-state index contributed by atoms with van der Waals surface area (Å²) in [5.41, 5.74) is 0. The maximum absolute atomic E-state index is 9.94. The predicted molar refractivity (Wildman–Crippen MR) is 67.2 cm³/mol. The van der Waals surface area contributed by atoms with Gasteiger partial charge < -0.3 is 50.0 Å². The van der Waals surface area contributed by atoms with E-state index in [0.717, 1.165) is 0 Å². The molecule has 0 aromatic carbocycles. The molecule has 2 heterocycles. The van der Waals surface area contributed by atoms with Gasteiger partial charge in [-0.3, -0.25) is 0 Å². The Kier molecular flexibility index (Phi) is 6.07. The molecule has 130 valence electrons. The van der Waals surface area contributed by atoms with Crippen molar-refractivity contribution in [3.63, 3.8) is 0 Å². The highest BCUT2D eigenvalue weighted by Crippen LogP contribution is 2.28. The predicted octanol–water partition coefficient (Wildman–Crippen LogP) is -4.37. The van der Waals surface area contributed by atoms with E-state index in [4.69, 9.17) is 19.3 Å². The van der Waals surface area contributed by atoms with Gasteiger partial charge in [0.1, 0.15) is 36.6 Å². The first-order valence-electron chi connectivity index (χ1n) is 6.97. The van der Waals surface area contributed by atoms with Gasteiger partial charge in [0.05, 0.1) is 19.3 Å². The van der Waals surface area contributed by atoms with Crippen molar-refractivity contribution in [1.29, 1.82) is 0 Å². The standard InChI is InChI=1S/C12H22O10/c13-2-6-4(15)1-5(16)12(21-6)22-10-7(3-14)20-11(19)9(18)8(10)17/h4-19H,1-3H2. The first-order chi connectivity index (χ1) is 10.4. The average Bonchev–Trinajstić information content (AvgIpc) is 2.49. The van der Waals surface area contributed by atoms with Crippen LogP contribution in [0.1, 0.15) is 6.42 Å². The number of ether oxygens (including phenoxy) is 3. The molecule has 9 atom stereocenters. The Labute approximate surface area is 126 Å². The fourth-order valence-corrected chi connectivity index (χ4v) is 2.54. The molecule has 2 fully saturated rings. The van der Waals surface area contributed by atoms with Crippen LogP contribution in [0.2, 0.25) is 0 Å². The number of rotatable bonds is 4. The Hall–Kier alpha value is -0.400. The highest BCUT2D eigenvalue weighted by atomic mass is 16.7. The summed E-state index contributed by atoms with van der Waals surface area (Å²) in [6.07, 6.45) is -12.1. The van der Waals surface area contributed by atoms with E-state index in [-0.39, 0.29) is 6.42 Å². The van der Waals surface area contributed by atoms with Crippen LogP contribution in [0.5, 0.6) is 0 Å². The summed E-state index contributed by atoms with van der Waals surface area (Å²) in [7, 11) is 0. The van der Waals surface area contributed by atoms with Gasteiger partial charge in [-0.1, -0.05) is 0 Å². The molecule has 2 saturated heterocycles. The van der Waals surface area contributed by atoms with Crippen LogP contribution in [0.15, 0.2) is 0 Å². The minimum atomic E-state index is -1.68. The van der Waals surface area contributed by atoms with Crippen molar-refractivity contribution in [2.45, 2.75) is 61.7 Å². The number of aliphatic hydroxyl groups is 7. The quantitative estimate of drug-likeness (QED) is 0.268.